The predicted molar refractivity (Wildman–Crippen MR) is 111 cm³/mol. The molecule has 1 aliphatic rings. The third-order valence-corrected chi connectivity index (χ3v) is 5.19. The summed E-state index contributed by atoms with van der Waals surface area (Å²) in [4.78, 5) is 19.9. The molecule has 0 radical (unpaired) electrons. The van der Waals surface area contributed by atoms with Crippen LogP contribution in [0.1, 0.15) is 11.4 Å². The van der Waals surface area contributed by atoms with Crippen molar-refractivity contribution in [3.63, 3.8) is 0 Å². The van der Waals surface area contributed by atoms with E-state index in [0.717, 1.165) is 38.8 Å². The number of hydrogen-bond acceptors (Lipinski definition) is 5. The molecular formula is C23H14N6O. The van der Waals surface area contributed by atoms with E-state index in [1.807, 2.05) is 48.5 Å². The lowest BCUT2D eigenvalue weighted by Gasteiger charge is -2.04. The molecule has 7 heteroatoms. The molecule has 0 unspecified atom stereocenters. The van der Waals surface area contributed by atoms with Crippen molar-refractivity contribution in [2.75, 3.05) is 0 Å². The second kappa shape index (κ2) is 6.38. The molecule has 0 atom stereocenters. The van der Waals surface area contributed by atoms with Gasteiger partial charge in [-0.1, -0.05) is 18.2 Å². The lowest BCUT2D eigenvalue weighted by Crippen LogP contribution is -2.20. The summed E-state index contributed by atoms with van der Waals surface area (Å²) in [5, 5.41) is 16.0. The van der Waals surface area contributed by atoms with E-state index < -0.39 is 0 Å². The van der Waals surface area contributed by atoms with Gasteiger partial charge in [-0.15, -0.1) is 10.2 Å². The van der Waals surface area contributed by atoms with Crippen molar-refractivity contribution in [1.29, 1.82) is 0 Å². The molecule has 7 nitrogen and oxygen atoms in total. The number of nitrogens with zero attached hydrogens (tertiary/aromatic N) is 6. The van der Waals surface area contributed by atoms with Crippen molar-refractivity contribution in [2.24, 2.45) is 4.99 Å². The number of benzene rings is 2. The van der Waals surface area contributed by atoms with Gasteiger partial charge in [-0.3, -0.25) is 9.78 Å². The second-order valence-corrected chi connectivity index (χ2v) is 7.18. The number of aromatic nitrogens is 5. The van der Waals surface area contributed by atoms with Crippen molar-refractivity contribution in [3.8, 4) is 11.3 Å². The largest absolute Gasteiger partial charge is 0.270 e. The molecule has 0 fully saturated rings. The van der Waals surface area contributed by atoms with Crippen LogP contribution in [0, 0.1) is 0 Å². The summed E-state index contributed by atoms with van der Waals surface area (Å²) in [6.45, 7) is 0. The summed E-state index contributed by atoms with van der Waals surface area (Å²) in [7, 11) is 0. The quantitative estimate of drug-likeness (QED) is 0.470. The fraction of sp³-hybridized carbons (Fsp3) is 0.0435. The van der Waals surface area contributed by atoms with Gasteiger partial charge in [0.25, 0.3) is 5.91 Å². The first-order valence-corrected chi connectivity index (χ1v) is 9.53. The van der Waals surface area contributed by atoms with Gasteiger partial charge >= 0.3 is 0 Å². The van der Waals surface area contributed by atoms with Gasteiger partial charge in [0.15, 0.2) is 11.5 Å². The van der Waals surface area contributed by atoms with Crippen molar-refractivity contribution in [3.05, 3.63) is 88.8 Å². The van der Waals surface area contributed by atoms with Crippen LogP contribution >= 0.6 is 0 Å². The normalized spacial score (nSPS) is 12.7. The first-order chi connectivity index (χ1) is 14.7. The first-order valence-electron chi connectivity index (χ1n) is 9.53. The third-order valence-electron chi connectivity index (χ3n) is 5.19. The van der Waals surface area contributed by atoms with Gasteiger partial charge < -0.3 is 0 Å². The fourth-order valence-corrected chi connectivity index (χ4v) is 3.73. The molecular weight excluding hydrogens is 376 g/mol. The van der Waals surface area contributed by atoms with Gasteiger partial charge in [-0.2, -0.15) is 9.61 Å². The van der Waals surface area contributed by atoms with Gasteiger partial charge in [0.1, 0.15) is 0 Å². The van der Waals surface area contributed by atoms with Crippen molar-refractivity contribution in [2.45, 2.75) is 6.42 Å². The van der Waals surface area contributed by atoms with Crippen LogP contribution in [0.25, 0.3) is 33.9 Å². The zero-order valence-corrected chi connectivity index (χ0v) is 15.7. The molecule has 4 heterocycles. The molecule has 0 spiro atoms. The lowest BCUT2D eigenvalue weighted by molar-refractivity contribution is -0.112. The van der Waals surface area contributed by atoms with E-state index in [9.17, 15) is 4.79 Å². The molecule has 2 aromatic carbocycles. The topological polar surface area (TPSA) is 85.4 Å². The zero-order valence-electron chi connectivity index (χ0n) is 15.7. The van der Waals surface area contributed by atoms with Gasteiger partial charge in [0.2, 0.25) is 0 Å². The summed E-state index contributed by atoms with van der Waals surface area (Å²) >= 11 is 0. The maximum Gasteiger partial charge on any atom is 0.270 e. The highest BCUT2D eigenvalue weighted by atomic mass is 16.1. The van der Waals surface area contributed by atoms with E-state index in [-0.39, 0.29) is 5.91 Å². The van der Waals surface area contributed by atoms with Crippen LogP contribution in [0.3, 0.4) is 0 Å². The minimum absolute atomic E-state index is 0.225. The van der Waals surface area contributed by atoms with Crippen LogP contribution in [0.4, 0.5) is 0 Å². The van der Waals surface area contributed by atoms with E-state index in [2.05, 4.69) is 32.3 Å². The minimum Gasteiger partial charge on any atom is -0.267 e. The van der Waals surface area contributed by atoms with Gasteiger partial charge in [0, 0.05) is 34.9 Å². The number of fused-ring (bicyclic) bond motifs is 3. The minimum atomic E-state index is -0.225. The average Bonchev–Trinajstić information content (AvgIpc) is 3.35. The summed E-state index contributed by atoms with van der Waals surface area (Å²) in [6.07, 6.45) is 3.93. The Morgan fingerprint density at radius 1 is 0.933 bits per heavy atom. The molecule has 1 amide bonds. The third kappa shape index (κ3) is 2.76. The van der Waals surface area contributed by atoms with E-state index in [1.165, 1.54) is 6.08 Å². The Hall–Kier alpha value is -4.26. The molecule has 0 N–H and O–H groups in total. The summed E-state index contributed by atoms with van der Waals surface area (Å²) < 4.78 is 1.77. The van der Waals surface area contributed by atoms with E-state index in [1.54, 1.807) is 10.7 Å². The molecule has 0 saturated carbocycles. The molecule has 142 valence electrons. The summed E-state index contributed by atoms with van der Waals surface area (Å²) in [5.41, 5.74) is 4.46. The molecule has 30 heavy (non-hydrogen) atoms. The van der Waals surface area contributed by atoms with Crippen LogP contribution < -0.4 is 10.6 Å². The van der Waals surface area contributed by atoms with Crippen LogP contribution in [-0.2, 0) is 11.2 Å². The van der Waals surface area contributed by atoms with Crippen LogP contribution in [0.2, 0.25) is 0 Å². The molecule has 5 aromatic rings. The Bertz CT molecular complexity index is 1600. The summed E-state index contributed by atoms with van der Waals surface area (Å²) in [5.74, 6) is 0.533. The number of pyridine rings is 1. The SMILES string of the molecule is O=C1C=c2cc(-c3ccc4nnc(Cc5ccc6ncccc6c5)n4n3)ccc2=N1. The number of carbonyl (C=O) groups excluding carboxylic acids is 1. The second-order valence-electron chi connectivity index (χ2n) is 7.18. The molecule has 0 bridgehead atoms. The van der Waals surface area contributed by atoms with E-state index in [4.69, 9.17) is 5.10 Å². The van der Waals surface area contributed by atoms with Crippen molar-refractivity contribution < 1.29 is 4.79 Å². The number of carbonyl (C=O) groups is 1. The molecule has 6 rings (SSSR count). The number of rotatable bonds is 3. The molecule has 0 aliphatic carbocycles. The highest BCUT2D eigenvalue weighted by Crippen LogP contribution is 2.18. The highest BCUT2D eigenvalue weighted by molar-refractivity contribution is 6.06. The Morgan fingerprint density at radius 2 is 1.90 bits per heavy atom. The number of amides is 1. The van der Waals surface area contributed by atoms with Gasteiger partial charge in [-0.25, -0.2) is 4.99 Å². The summed E-state index contributed by atoms with van der Waals surface area (Å²) in [6, 6.07) is 19.7. The average molecular weight is 390 g/mol. The number of hydrogen-bond donors (Lipinski definition) is 0. The Balaban J connectivity index is 1.41. The van der Waals surface area contributed by atoms with E-state index >= 15 is 0 Å². The van der Waals surface area contributed by atoms with Crippen LogP contribution in [-0.4, -0.2) is 30.7 Å². The van der Waals surface area contributed by atoms with Crippen LogP contribution in [0.5, 0.6) is 0 Å². The first kappa shape index (κ1) is 16.7. The van der Waals surface area contributed by atoms with Gasteiger partial charge in [-0.05, 0) is 48.0 Å². The maximum absolute atomic E-state index is 11.5. The standard InChI is InChI=1S/C23H14N6O/c30-23-13-17-12-16(4-6-19(17)25-23)20-7-8-21-26-27-22(29(21)28-20)11-14-3-5-18-15(10-14)2-1-9-24-18/h1-10,12-13H,11H2. The Morgan fingerprint density at radius 3 is 2.87 bits per heavy atom. The van der Waals surface area contributed by atoms with Crippen LogP contribution in [0.15, 0.2) is 71.9 Å². The fourth-order valence-electron chi connectivity index (χ4n) is 3.73. The smallest absolute Gasteiger partial charge is 0.267 e. The van der Waals surface area contributed by atoms with Crippen molar-refractivity contribution in [1.82, 2.24) is 24.8 Å². The highest BCUT2D eigenvalue weighted by Gasteiger charge is 2.11. The molecule has 0 saturated heterocycles. The molecule has 3 aromatic heterocycles. The van der Waals surface area contributed by atoms with Gasteiger partial charge in [0.05, 0.1) is 16.6 Å². The lowest BCUT2D eigenvalue weighted by atomic mass is 10.1. The molecule has 1 aliphatic heterocycles. The Kier molecular flexibility index (Phi) is 3.55. The maximum atomic E-state index is 11.5. The zero-order chi connectivity index (χ0) is 20.1. The monoisotopic (exact) mass is 390 g/mol. The van der Waals surface area contributed by atoms with E-state index in [0.29, 0.717) is 17.4 Å². The van der Waals surface area contributed by atoms with Crippen molar-refractivity contribution >= 4 is 28.5 Å². The predicted octanol–water partition coefficient (Wildman–Crippen LogP) is 1.87. The Labute approximate surface area is 170 Å².